The van der Waals surface area contributed by atoms with Gasteiger partial charge in [-0.1, -0.05) is 27.3 Å². The number of fused-ring (bicyclic) bond motifs is 1. The third kappa shape index (κ3) is 4.10. The summed E-state index contributed by atoms with van der Waals surface area (Å²) in [6.45, 7) is 0. The van der Waals surface area contributed by atoms with Crippen molar-refractivity contribution >= 4 is 54.1 Å². The van der Waals surface area contributed by atoms with E-state index in [-0.39, 0.29) is 17.4 Å². The zero-order valence-electron chi connectivity index (χ0n) is 14.8. The first-order valence-electron chi connectivity index (χ1n) is 8.18. The van der Waals surface area contributed by atoms with Gasteiger partial charge in [0.1, 0.15) is 17.8 Å². The van der Waals surface area contributed by atoms with Crippen LogP contribution in [-0.2, 0) is 0 Å². The molecule has 0 fully saturated rings. The van der Waals surface area contributed by atoms with Gasteiger partial charge in [-0.2, -0.15) is 4.98 Å². The number of methoxy groups -OCH3 is 1. The van der Waals surface area contributed by atoms with Gasteiger partial charge in [-0.05, 0) is 42.5 Å². The van der Waals surface area contributed by atoms with E-state index in [1.54, 1.807) is 37.4 Å². The van der Waals surface area contributed by atoms with Gasteiger partial charge in [0.25, 0.3) is 0 Å². The fourth-order valence-corrected chi connectivity index (χ4v) is 3.65. The van der Waals surface area contributed by atoms with Gasteiger partial charge in [0.2, 0.25) is 5.82 Å². The third-order valence-electron chi connectivity index (χ3n) is 3.82. The summed E-state index contributed by atoms with van der Waals surface area (Å²) in [5.41, 5.74) is 0.355. The number of aromatic nitrogens is 3. The molecule has 0 atom stereocenters. The van der Waals surface area contributed by atoms with E-state index < -0.39 is 4.92 Å². The molecule has 0 bridgehead atoms. The van der Waals surface area contributed by atoms with Crippen molar-refractivity contribution in [3.63, 3.8) is 0 Å². The number of nitrogens with one attached hydrogen (secondary N) is 1. The Morgan fingerprint density at radius 3 is 2.62 bits per heavy atom. The molecule has 0 aliphatic carbocycles. The summed E-state index contributed by atoms with van der Waals surface area (Å²) in [6.07, 6.45) is 1.19. The fourth-order valence-electron chi connectivity index (χ4n) is 2.49. The van der Waals surface area contributed by atoms with Crippen LogP contribution in [0.4, 0.5) is 16.6 Å². The second-order valence-corrected chi connectivity index (χ2v) is 7.61. The van der Waals surface area contributed by atoms with E-state index in [0.717, 1.165) is 14.7 Å². The molecule has 0 aliphatic rings. The van der Waals surface area contributed by atoms with Crippen LogP contribution >= 0.6 is 27.3 Å². The van der Waals surface area contributed by atoms with Gasteiger partial charge in [0.15, 0.2) is 5.13 Å². The van der Waals surface area contributed by atoms with Crippen LogP contribution in [-0.4, -0.2) is 27.0 Å². The Morgan fingerprint density at radius 1 is 1.14 bits per heavy atom. The highest BCUT2D eigenvalue weighted by atomic mass is 79.9. The maximum absolute atomic E-state index is 11.7. The molecular formula is C18H12BrN5O4S. The Morgan fingerprint density at radius 2 is 1.90 bits per heavy atom. The predicted molar refractivity (Wildman–Crippen MR) is 112 cm³/mol. The Hall–Kier alpha value is -3.31. The first kappa shape index (κ1) is 19.0. The average Bonchev–Trinajstić information content (AvgIpc) is 3.11. The number of rotatable bonds is 6. The van der Waals surface area contributed by atoms with Gasteiger partial charge >= 0.3 is 11.6 Å². The van der Waals surface area contributed by atoms with Crippen LogP contribution in [0.25, 0.3) is 10.2 Å². The lowest BCUT2D eigenvalue weighted by Crippen LogP contribution is -2.03. The molecule has 9 nitrogen and oxygen atoms in total. The SMILES string of the molecule is COc1ccc2nc(Nc3ncnc(Oc4ccc(Br)cc4)c3[N+](=O)[O-])sc2c1. The maximum atomic E-state index is 11.7. The molecule has 11 heteroatoms. The van der Waals surface area contributed by atoms with Crippen molar-refractivity contribution in [2.75, 3.05) is 12.4 Å². The Kier molecular flexibility index (Phi) is 5.23. The number of nitro groups is 1. The molecule has 0 radical (unpaired) electrons. The van der Waals surface area contributed by atoms with Crippen molar-refractivity contribution in [2.24, 2.45) is 0 Å². The van der Waals surface area contributed by atoms with Crippen LogP contribution in [0.5, 0.6) is 17.4 Å². The van der Waals surface area contributed by atoms with Crippen LogP contribution in [0.1, 0.15) is 0 Å². The van der Waals surface area contributed by atoms with E-state index in [1.807, 2.05) is 12.1 Å². The third-order valence-corrected chi connectivity index (χ3v) is 5.28. The standard InChI is InChI=1S/C18H12BrN5O4S/c1-27-12-6-7-13-14(8-12)29-18(22-13)23-16-15(24(25)26)17(21-9-20-16)28-11-4-2-10(19)3-5-11/h2-9H,1H3,(H,20,21,22,23). The highest BCUT2D eigenvalue weighted by molar-refractivity contribution is 9.10. The molecule has 2 heterocycles. The molecular weight excluding hydrogens is 462 g/mol. The molecule has 4 aromatic rings. The summed E-state index contributed by atoms with van der Waals surface area (Å²) >= 11 is 4.65. The van der Waals surface area contributed by atoms with Crippen molar-refractivity contribution in [3.05, 3.63) is 63.4 Å². The van der Waals surface area contributed by atoms with Crippen molar-refractivity contribution in [1.82, 2.24) is 15.0 Å². The monoisotopic (exact) mass is 473 g/mol. The van der Waals surface area contributed by atoms with E-state index in [2.05, 4.69) is 36.2 Å². The lowest BCUT2D eigenvalue weighted by Gasteiger charge is -2.08. The summed E-state index contributed by atoms with van der Waals surface area (Å²) in [7, 11) is 1.58. The summed E-state index contributed by atoms with van der Waals surface area (Å²) in [6, 6.07) is 12.3. The van der Waals surface area contributed by atoms with Crippen LogP contribution in [0.2, 0.25) is 0 Å². The molecule has 0 aliphatic heterocycles. The van der Waals surface area contributed by atoms with E-state index in [4.69, 9.17) is 9.47 Å². The molecule has 0 unspecified atom stereocenters. The molecule has 0 spiro atoms. The summed E-state index contributed by atoms with van der Waals surface area (Å²) in [4.78, 5) is 23.5. The minimum Gasteiger partial charge on any atom is -0.497 e. The van der Waals surface area contributed by atoms with Gasteiger partial charge in [-0.25, -0.2) is 9.97 Å². The normalized spacial score (nSPS) is 10.7. The molecule has 0 saturated carbocycles. The topological polar surface area (TPSA) is 112 Å². The summed E-state index contributed by atoms with van der Waals surface area (Å²) in [5, 5.41) is 15.0. The van der Waals surface area contributed by atoms with Gasteiger partial charge in [-0.15, -0.1) is 0 Å². The van der Waals surface area contributed by atoms with Crippen molar-refractivity contribution in [1.29, 1.82) is 0 Å². The Bertz CT molecular complexity index is 1200. The first-order chi connectivity index (χ1) is 14.0. The molecule has 2 aromatic carbocycles. The Labute approximate surface area is 176 Å². The number of halogens is 1. The number of nitrogens with zero attached hydrogens (tertiary/aromatic N) is 4. The smallest absolute Gasteiger partial charge is 0.373 e. The van der Waals surface area contributed by atoms with Crippen LogP contribution < -0.4 is 14.8 Å². The minimum atomic E-state index is -0.590. The molecule has 4 rings (SSSR count). The largest absolute Gasteiger partial charge is 0.497 e. The molecule has 146 valence electrons. The quantitative estimate of drug-likeness (QED) is 0.296. The number of benzene rings is 2. The van der Waals surface area contributed by atoms with Crippen LogP contribution in [0.3, 0.4) is 0 Å². The fraction of sp³-hybridized carbons (Fsp3) is 0.0556. The average molecular weight is 474 g/mol. The predicted octanol–water partition coefficient (Wildman–Crippen LogP) is 5.30. The molecule has 0 saturated heterocycles. The van der Waals surface area contributed by atoms with Crippen molar-refractivity contribution in [2.45, 2.75) is 0 Å². The van der Waals surface area contributed by atoms with Gasteiger partial charge < -0.3 is 14.8 Å². The van der Waals surface area contributed by atoms with E-state index in [9.17, 15) is 10.1 Å². The van der Waals surface area contributed by atoms with E-state index in [0.29, 0.717) is 16.6 Å². The number of hydrogen-bond acceptors (Lipinski definition) is 9. The first-order valence-corrected chi connectivity index (χ1v) is 9.79. The second kappa shape index (κ2) is 7.97. The number of ether oxygens (including phenoxy) is 2. The van der Waals surface area contributed by atoms with Gasteiger partial charge in [0.05, 0.1) is 22.2 Å². The number of thiazole rings is 1. The zero-order chi connectivity index (χ0) is 20.4. The second-order valence-electron chi connectivity index (χ2n) is 5.67. The lowest BCUT2D eigenvalue weighted by molar-refractivity contribution is -0.385. The van der Waals surface area contributed by atoms with E-state index in [1.165, 1.54) is 17.7 Å². The van der Waals surface area contributed by atoms with Gasteiger partial charge in [0, 0.05) is 4.47 Å². The number of hydrogen-bond donors (Lipinski definition) is 1. The zero-order valence-corrected chi connectivity index (χ0v) is 17.2. The van der Waals surface area contributed by atoms with Crippen LogP contribution in [0, 0.1) is 10.1 Å². The van der Waals surface area contributed by atoms with Crippen molar-refractivity contribution < 1.29 is 14.4 Å². The van der Waals surface area contributed by atoms with E-state index >= 15 is 0 Å². The highest BCUT2D eigenvalue weighted by Crippen LogP contribution is 2.37. The minimum absolute atomic E-state index is 0.0110. The number of anilines is 2. The van der Waals surface area contributed by atoms with Crippen molar-refractivity contribution in [3.8, 4) is 17.4 Å². The summed E-state index contributed by atoms with van der Waals surface area (Å²) in [5.74, 6) is 0.930. The molecule has 2 aromatic heterocycles. The lowest BCUT2D eigenvalue weighted by atomic mass is 10.3. The maximum Gasteiger partial charge on any atom is 0.373 e. The van der Waals surface area contributed by atoms with Crippen LogP contribution in [0.15, 0.2) is 53.3 Å². The molecule has 1 N–H and O–H groups in total. The van der Waals surface area contributed by atoms with Gasteiger partial charge in [-0.3, -0.25) is 10.1 Å². The molecule has 29 heavy (non-hydrogen) atoms. The Balaban J connectivity index is 1.68. The summed E-state index contributed by atoms with van der Waals surface area (Å²) < 4.78 is 12.5. The molecule has 0 amide bonds. The highest BCUT2D eigenvalue weighted by Gasteiger charge is 2.26.